The molecule has 0 saturated heterocycles. The summed E-state index contributed by atoms with van der Waals surface area (Å²) >= 11 is 0. The van der Waals surface area contributed by atoms with E-state index in [1.165, 1.54) is 0 Å². The third-order valence-electron chi connectivity index (χ3n) is 1.63. The van der Waals surface area contributed by atoms with Gasteiger partial charge in [0.25, 0.3) is 0 Å². The average Bonchev–Trinajstić information content (AvgIpc) is 2.28. The Morgan fingerprint density at radius 2 is 2.27 bits per heavy atom. The van der Waals surface area contributed by atoms with E-state index in [1.54, 1.807) is 4.68 Å². The zero-order valence-electron chi connectivity index (χ0n) is 7.04. The molecule has 0 unspecified atom stereocenters. The molecule has 0 saturated carbocycles. The van der Waals surface area contributed by atoms with Crippen molar-refractivity contribution in [3.05, 3.63) is 11.6 Å². The molecule has 0 radical (unpaired) electrons. The minimum atomic E-state index is 0.706. The van der Waals surface area contributed by atoms with E-state index in [0.717, 1.165) is 24.5 Å². The molecule has 11 heavy (non-hydrogen) atoms. The molecule has 0 spiro atoms. The molecule has 0 fully saturated rings. The van der Waals surface area contributed by atoms with Gasteiger partial charge >= 0.3 is 0 Å². The summed E-state index contributed by atoms with van der Waals surface area (Å²) in [5.74, 6) is 1.85. The van der Waals surface area contributed by atoms with Crippen molar-refractivity contribution in [2.75, 3.05) is 6.54 Å². The van der Waals surface area contributed by atoms with Crippen LogP contribution in [0.3, 0.4) is 0 Å². The monoisotopic (exact) mass is 154 g/mol. The van der Waals surface area contributed by atoms with Crippen molar-refractivity contribution in [1.82, 2.24) is 14.8 Å². The molecule has 0 amide bonds. The molecule has 0 aliphatic heterocycles. The van der Waals surface area contributed by atoms with Crippen LogP contribution in [0, 0.1) is 6.92 Å². The number of aromatic nitrogens is 3. The van der Waals surface area contributed by atoms with Crippen LogP contribution in [0.1, 0.15) is 18.1 Å². The van der Waals surface area contributed by atoms with Crippen molar-refractivity contribution < 1.29 is 0 Å². The van der Waals surface area contributed by atoms with Crippen molar-refractivity contribution in [2.24, 2.45) is 12.8 Å². The van der Waals surface area contributed by atoms with Gasteiger partial charge in [-0.25, -0.2) is 4.98 Å². The highest BCUT2D eigenvalue weighted by molar-refractivity contribution is 4.89. The topological polar surface area (TPSA) is 56.7 Å². The first-order valence-corrected chi connectivity index (χ1v) is 3.80. The second-order valence-electron chi connectivity index (χ2n) is 2.59. The van der Waals surface area contributed by atoms with Crippen LogP contribution >= 0.6 is 0 Å². The van der Waals surface area contributed by atoms with Crippen molar-refractivity contribution in [3.63, 3.8) is 0 Å². The van der Waals surface area contributed by atoms with Gasteiger partial charge in [-0.3, -0.25) is 4.68 Å². The van der Waals surface area contributed by atoms with Crippen LogP contribution in [-0.2, 0) is 13.5 Å². The number of rotatable bonds is 3. The molecule has 4 nitrogen and oxygen atoms in total. The molecule has 0 bridgehead atoms. The zero-order chi connectivity index (χ0) is 8.27. The maximum atomic E-state index is 5.36. The molecular formula is C7H14N4. The number of hydrogen-bond acceptors (Lipinski definition) is 3. The molecule has 0 atom stereocenters. The van der Waals surface area contributed by atoms with Crippen LogP contribution in [0.2, 0.25) is 0 Å². The Bertz CT molecular complexity index is 209. The number of nitrogens with zero attached hydrogens (tertiary/aromatic N) is 3. The van der Waals surface area contributed by atoms with E-state index in [0.29, 0.717) is 6.54 Å². The molecule has 0 aliphatic carbocycles. The lowest BCUT2D eigenvalue weighted by atomic mass is 10.3. The number of aryl methyl sites for hydroxylation is 3. The Labute approximate surface area is 66.4 Å². The fourth-order valence-electron chi connectivity index (χ4n) is 0.893. The summed E-state index contributed by atoms with van der Waals surface area (Å²) in [5.41, 5.74) is 5.36. The summed E-state index contributed by atoms with van der Waals surface area (Å²) in [6.07, 6.45) is 1.85. The van der Waals surface area contributed by atoms with Crippen molar-refractivity contribution >= 4 is 0 Å². The first kappa shape index (κ1) is 8.20. The number of hydrogen-bond donors (Lipinski definition) is 1. The Morgan fingerprint density at radius 1 is 1.55 bits per heavy atom. The van der Waals surface area contributed by atoms with E-state index in [9.17, 15) is 0 Å². The predicted octanol–water partition coefficient (Wildman–Crippen LogP) is 0.0148. The van der Waals surface area contributed by atoms with Gasteiger partial charge in [-0.05, 0) is 19.9 Å². The van der Waals surface area contributed by atoms with Gasteiger partial charge in [0.05, 0.1) is 0 Å². The van der Waals surface area contributed by atoms with E-state index in [2.05, 4.69) is 10.1 Å². The second kappa shape index (κ2) is 3.48. The van der Waals surface area contributed by atoms with E-state index >= 15 is 0 Å². The lowest BCUT2D eigenvalue weighted by Crippen LogP contribution is -2.01. The maximum Gasteiger partial charge on any atom is 0.150 e. The van der Waals surface area contributed by atoms with Crippen molar-refractivity contribution in [2.45, 2.75) is 19.8 Å². The van der Waals surface area contributed by atoms with Crippen molar-refractivity contribution in [1.29, 1.82) is 0 Å². The summed E-state index contributed by atoms with van der Waals surface area (Å²) in [6, 6.07) is 0. The lowest BCUT2D eigenvalue weighted by molar-refractivity contribution is 0.707. The van der Waals surface area contributed by atoms with Gasteiger partial charge in [-0.1, -0.05) is 0 Å². The third-order valence-corrected chi connectivity index (χ3v) is 1.63. The third kappa shape index (κ3) is 2.01. The Kier molecular flexibility index (Phi) is 2.59. The first-order valence-electron chi connectivity index (χ1n) is 3.80. The smallest absolute Gasteiger partial charge is 0.150 e. The van der Waals surface area contributed by atoms with Crippen LogP contribution in [0.25, 0.3) is 0 Å². The van der Waals surface area contributed by atoms with Crippen LogP contribution in [-0.4, -0.2) is 21.3 Å². The molecule has 0 aromatic carbocycles. The van der Waals surface area contributed by atoms with Gasteiger partial charge < -0.3 is 5.73 Å². The fraction of sp³-hybridized carbons (Fsp3) is 0.714. The Balaban J connectivity index is 2.58. The van der Waals surface area contributed by atoms with E-state index in [-0.39, 0.29) is 0 Å². The highest BCUT2D eigenvalue weighted by Crippen LogP contribution is 1.96. The molecule has 1 aromatic heterocycles. The van der Waals surface area contributed by atoms with Crippen LogP contribution in [0.4, 0.5) is 0 Å². The largest absolute Gasteiger partial charge is 0.330 e. The highest BCUT2D eigenvalue weighted by Gasteiger charge is 2.00. The summed E-state index contributed by atoms with van der Waals surface area (Å²) < 4.78 is 1.78. The second-order valence-corrected chi connectivity index (χ2v) is 2.59. The molecule has 1 aromatic rings. The molecule has 1 heterocycles. The fourth-order valence-corrected chi connectivity index (χ4v) is 0.893. The molecule has 62 valence electrons. The summed E-state index contributed by atoms with van der Waals surface area (Å²) in [4.78, 5) is 4.24. The first-order chi connectivity index (χ1) is 5.24. The van der Waals surface area contributed by atoms with Gasteiger partial charge in [0.15, 0.2) is 5.82 Å². The molecule has 2 N–H and O–H groups in total. The zero-order valence-corrected chi connectivity index (χ0v) is 7.04. The molecular weight excluding hydrogens is 140 g/mol. The van der Waals surface area contributed by atoms with Crippen LogP contribution in [0.5, 0.6) is 0 Å². The van der Waals surface area contributed by atoms with E-state index in [1.807, 2.05) is 14.0 Å². The van der Waals surface area contributed by atoms with Crippen LogP contribution < -0.4 is 5.73 Å². The summed E-state index contributed by atoms with van der Waals surface area (Å²) in [6.45, 7) is 2.65. The molecule has 1 rings (SSSR count). The number of nitrogens with two attached hydrogens (primary N) is 1. The van der Waals surface area contributed by atoms with Gasteiger partial charge in [-0.15, -0.1) is 0 Å². The summed E-state index contributed by atoms with van der Waals surface area (Å²) in [7, 11) is 1.90. The van der Waals surface area contributed by atoms with Gasteiger partial charge in [0.2, 0.25) is 0 Å². The van der Waals surface area contributed by atoms with Gasteiger partial charge in [-0.2, -0.15) is 5.10 Å². The normalized spacial score (nSPS) is 10.5. The summed E-state index contributed by atoms with van der Waals surface area (Å²) in [5, 5.41) is 4.20. The predicted molar refractivity (Wildman–Crippen MR) is 43.1 cm³/mol. The highest BCUT2D eigenvalue weighted by atomic mass is 15.3. The lowest BCUT2D eigenvalue weighted by Gasteiger charge is -1.89. The van der Waals surface area contributed by atoms with Crippen LogP contribution in [0.15, 0.2) is 0 Å². The average molecular weight is 154 g/mol. The van der Waals surface area contributed by atoms with Gasteiger partial charge in [0.1, 0.15) is 5.82 Å². The standard InChI is InChI=1S/C7H14N4/c1-6-9-7(4-3-5-8)10-11(6)2/h3-5,8H2,1-2H3. The van der Waals surface area contributed by atoms with E-state index < -0.39 is 0 Å². The molecule has 0 aliphatic rings. The maximum absolute atomic E-state index is 5.36. The quantitative estimate of drug-likeness (QED) is 0.667. The van der Waals surface area contributed by atoms with Crippen molar-refractivity contribution in [3.8, 4) is 0 Å². The minimum Gasteiger partial charge on any atom is -0.330 e. The molecule has 4 heteroatoms. The Morgan fingerprint density at radius 3 is 2.73 bits per heavy atom. The van der Waals surface area contributed by atoms with Gasteiger partial charge in [0, 0.05) is 13.5 Å². The minimum absolute atomic E-state index is 0.706. The Hall–Kier alpha value is -0.900. The SMILES string of the molecule is Cc1nc(CCCN)nn1C. The van der Waals surface area contributed by atoms with E-state index in [4.69, 9.17) is 5.73 Å².